The summed E-state index contributed by atoms with van der Waals surface area (Å²) in [5.41, 5.74) is 7.23. The lowest BCUT2D eigenvalue weighted by atomic mass is 10.3. The Hall–Kier alpha value is -1.38. The van der Waals surface area contributed by atoms with Crippen LogP contribution in [0.3, 0.4) is 0 Å². The SMILES string of the molecule is Cc1csc(NS(=O)(=O)c2cc(CN)n(C(C)C)c2)n1. The number of hydrogen-bond acceptors (Lipinski definition) is 5. The van der Waals surface area contributed by atoms with E-state index in [4.69, 9.17) is 5.73 Å². The van der Waals surface area contributed by atoms with Crippen molar-refractivity contribution in [1.82, 2.24) is 9.55 Å². The molecular weight excluding hydrogens is 296 g/mol. The standard InChI is InChI=1S/C12H18N4O2S2/c1-8(2)16-6-11(4-10(16)5-13)20(17,18)15-12-14-9(3)7-19-12/h4,6-8H,5,13H2,1-3H3,(H,14,15). The third-order valence-corrected chi connectivity index (χ3v) is 5.13. The van der Waals surface area contributed by atoms with Crippen LogP contribution in [-0.2, 0) is 16.6 Å². The normalized spacial score (nSPS) is 12.1. The summed E-state index contributed by atoms with van der Waals surface area (Å²) in [5, 5.41) is 2.16. The molecule has 2 aromatic heterocycles. The van der Waals surface area contributed by atoms with E-state index in [1.54, 1.807) is 17.6 Å². The first-order valence-electron chi connectivity index (χ1n) is 6.19. The Bertz CT molecular complexity index is 701. The zero-order valence-corrected chi connectivity index (χ0v) is 13.3. The fraction of sp³-hybridized carbons (Fsp3) is 0.417. The molecule has 6 nitrogen and oxygen atoms in total. The van der Waals surface area contributed by atoms with Crippen LogP contribution in [0.2, 0.25) is 0 Å². The fourth-order valence-electron chi connectivity index (χ4n) is 1.86. The minimum Gasteiger partial charge on any atom is -0.346 e. The lowest BCUT2D eigenvalue weighted by molar-refractivity contribution is 0.573. The van der Waals surface area contributed by atoms with Crippen molar-refractivity contribution in [2.24, 2.45) is 5.73 Å². The summed E-state index contributed by atoms with van der Waals surface area (Å²) in [5.74, 6) is 0. The Kier molecular flexibility index (Phi) is 4.17. The van der Waals surface area contributed by atoms with Gasteiger partial charge < -0.3 is 10.3 Å². The number of aryl methyl sites for hydroxylation is 1. The Morgan fingerprint density at radius 2 is 2.20 bits per heavy atom. The van der Waals surface area contributed by atoms with Gasteiger partial charge >= 0.3 is 0 Å². The van der Waals surface area contributed by atoms with Gasteiger partial charge in [0, 0.05) is 29.9 Å². The lowest BCUT2D eigenvalue weighted by Crippen LogP contribution is -2.12. The molecule has 8 heteroatoms. The number of aromatic nitrogens is 2. The Morgan fingerprint density at radius 3 is 2.65 bits per heavy atom. The minimum absolute atomic E-state index is 0.152. The van der Waals surface area contributed by atoms with Gasteiger partial charge in [0.2, 0.25) is 0 Å². The fourth-order valence-corrected chi connectivity index (χ4v) is 3.85. The van der Waals surface area contributed by atoms with Gasteiger partial charge in [0.1, 0.15) is 4.90 Å². The molecule has 0 saturated heterocycles. The second kappa shape index (κ2) is 5.55. The molecule has 2 heterocycles. The molecular formula is C12H18N4O2S2. The van der Waals surface area contributed by atoms with Crippen molar-refractivity contribution in [2.75, 3.05) is 4.72 Å². The molecule has 0 fully saturated rings. The molecule has 110 valence electrons. The van der Waals surface area contributed by atoms with Crippen LogP contribution >= 0.6 is 11.3 Å². The van der Waals surface area contributed by atoms with Crippen LogP contribution < -0.4 is 10.5 Å². The molecule has 3 N–H and O–H groups in total. The van der Waals surface area contributed by atoms with Gasteiger partial charge in [-0.2, -0.15) is 0 Å². The maximum atomic E-state index is 12.3. The van der Waals surface area contributed by atoms with Gasteiger partial charge in [-0.05, 0) is 26.8 Å². The zero-order valence-electron chi connectivity index (χ0n) is 11.6. The maximum absolute atomic E-state index is 12.3. The highest BCUT2D eigenvalue weighted by molar-refractivity contribution is 7.93. The molecule has 0 aromatic carbocycles. The van der Waals surface area contributed by atoms with Gasteiger partial charge in [0.25, 0.3) is 10.0 Å². The second-order valence-electron chi connectivity index (χ2n) is 4.77. The van der Waals surface area contributed by atoms with E-state index >= 15 is 0 Å². The summed E-state index contributed by atoms with van der Waals surface area (Å²) in [6.45, 7) is 6.07. The van der Waals surface area contributed by atoms with Crippen LogP contribution in [0.15, 0.2) is 22.5 Å². The number of hydrogen-bond donors (Lipinski definition) is 2. The monoisotopic (exact) mass is 314 g/mol. The van der Waals surface area contributed by atoms with Gasteiger partial charge in [-0.3, -0.25) is 4.72 Å². The van der Waals surface area contributed by atoms with Crippen LogP contribution in [-0.4, -0.2) is 18.0 Å². The predicted molar refractivity (Wildman–Crippen MR) is 80.4 cm³/mol. The first-order chi connectivity index (χ1) is 9.33. The van der Waals surface area contributed by atoms with E-state index < -0.39 is 10.0 Å². The number of nitrogens with two attached hydrogens (primary N) is 1. The predicted octanol–water partition coefficient (Wildman–Crippen LogP) is 2.09. The highest BCUT2D eigenvalue weighted by atomic mass is 32.2. The van der Waals surface area contributed by atoms with Crippen molar-refractivity contribution in [2.45, 2.75) is 38.3 Å². The van der Waals surface area contributed by atoms with Gasteiger partial charge in [-0.25, -0.2) is 13.4 Å². The molecule has 2 aromatic rings. The van der Waals surface area contributed by atoms with E-state index in [1.807, 2.05) is 25.3 Å². The second-order valence-corrected chi connectivity index (χ2v) is 7.31. The first kappa shape index (κ1) is 15.0. The van der Waals surface area contributed by atoms with Crippen molar-refractivity contribution >= 4 is 26.5 Å². The molecule has 20 heavy (non-hydrogen) atoms. The Morgan fingerprint density at radius 1 is 1.50 bits per heavy atom. The molecule has 0 spiro atoms. The van der Waals surface area contributed by atoms with Crippen molar-refractivity contribution in [3.05, 3.63) is 29.0 Å². The van der Waals surface area contributed by atoms with Crippen molar-refractivity contribution in [3.8, 4) is 0 Å². The highest BCUT2D eigenvalue weighted by Gasteiger charge is 2.20. The molecule has 0 aliphatic heterocycles. The van der Waals surface area contributed by atoms with E-state index in [2.05, 4.69) is 9.71 Å². The highest BCUT2D eigenvalue weighted by Crippen LogP contribution is 2.23. The van der Waals surface area contributed by atoms with Gasteiger partial charge in [0.05, 0.1) is 5.69 Å². The average molecular weight is 314 g/mol. The number of anilines is 1. The number of nitrogens with one attached hydrogen (secondary N) is 1. The van der Waals surface area contributed by atoms with Crippen molar-refractivity contribution in [3.63, 3.8) is 0 Å². The largest absolute Gasteiger partial charge is 0.346 e. The zero-order chi connectivity index (χ0) is 14.9. The summed E-state index contributed by atoms with van der Waals surface area (Å²) in [4.78, 5) is 4.31. The summed E-state index contributed by atoms with van der Waals surface area (Å²) >= 11 is 1.26. The number of nitrogens with zero attached hydrogens (tertiary/aromatic N) is 2. The van der Waals surface area contributed by atoms with E-state index in [0.717, 1.165) is 11.4 Å². The number of rotatable bonds is 5. The van der Waals surface area contributed by atoms with Crippen LogP contribution in [0.4, 0.5) is 5.13 Å². The molecule has 0 amide bonds. The maximum Gasteiger partial charge on any atom is 0.265 e. The van der Waals surface area contributed by atoms with E-state index in [-0.39, 0.29) is 10.9 Å². The Labute approximate surface area is 122 Å². The van der Waals surface area contributed by atoms with Gasteiger partial charge in [-0.1, -0.05) is 0 Å². The van der Waals surface area contributed by atoms with Crippen LogP contribution in [0.1, 0.15) is 31.3 Å². The van der Waals surface area contributed by atoms with Crippen LogP contribution in [0.5, 0.6) is 0 Å². The van der Waals surface area contributed by atoms with E-state index in [1.165, 1.54) is 11.3 Å². The summed E-state index contributed by atoms with van der Waals surface area (Å²) in [6.07, 6.45) is 1.61. The quantitative estimate of drug-likeness (QED) is 0.884. The molecule has 0 bridgehead atoms. The first-order valence-corrected chi connectivity index (χ1v) is 8.55. The number of sulfonamides is 1. The van der Waals surface area contributed by atoms with Crippen molar-refractivity contribution < 1.29 is 8.42 Å². The molecule has 0 aliphatic rings. The van der Waals surface area contributed by atoms with E-state index in [0.29, 0.717) is 11.7 Å². The lowest BCUT2D eigenvalue weighted by Gasteiger charge is -2.10. The van der Waals surface area contributed by atoms with E-state index in [9.17, 15) is 8.42 Å². The number of thiazole rings is 1. The van der Waals surface area contributed by atoms with Gasteiger partial charge in [-0.15, -0.1) is 11.3 Å². The van der Waals surface area contributed by atoms with Crippen LogP contribution in [0.25, 0.3) is 0 Å². The molecule has 0 unspecified atom stereocenters. The topological polar surface area (TPSA) is 90.0 Å². The molecule has 0 atom stereocenters. The summed E-state index contributed by atoms with van der Waals surface area (Å²) < 4.78 is 29.0. The average Bonchev–Trinajstić information content (AvgIpc) is 2.95. The van der Waals surface area contributed by atoms with Crippen LogP contribution in [0, 0.1) is 6.92 Å². The summed E-state index contributed by atoms with van der Waals surface area (Å²) in [6, 6.07) is 1.75. The molecule has 0 radical (unpaired) electrons. The van der Waals surface area contributed by atoms with Gasteiger partial charge in [0.15, 0.2) is 5.13 Å². The summed E-state index contributed by atoms with van der Waals surface area (Å²) in [7, 11) is -3.62. The molecule has 0 saturated carbocycles. The smallest absolute Gasteiger partial charge is 0.265 e. The molecule has 0 aliphatic carbocycles. The molecule has 2 rings (SSSR count). The third-order valence-electron chi connectivity index (χ3n) is 2.82. The third kappa shape index (κ3) is 3.02. The minimum atomic E-state index is -3.62. The van der Waals surface area contributed by atoms with Crippen molar-refractivity contribution in [1.29, 1.82) is 0 Å². The Balaban J connectivity index is 2.34.